The number of benzene rings is 5. The molecule has 1 amide bonds. The van der Waals surface area contributed by atoms with E-state index in [9.17, 15) is 39.9 Å². The van der Waals surface area contributed by atoms with Crippen LogP contribution >= 0.6 is 23.4 Å². The first-order valence-corrected chi connectivity index (χ1v) is 26.3. The number of aliphatic hydroxyl groups excluding tert-OH is 1. The SMILES string of the molecule is N[C@@H](c1ccccc1-c1ccc(Cl)cc1)C1CCN(c2ccc(C(=O)NS(=O)(=O)c3ccc(NC(CCN4CCN(CCO)CC4)CSc4ccccc4)c(S(=O)(=O)C(F)(F)F)c3)cc2)CC1. The molecule has 5 aromatic rings. The molecule has 12 nitrogen and oxygen atoms in total. The molecule has 2 aliphatic heterocycles. The number of piperidine rings is 1. The Morgan fingerprint density at radius 3 is 2.07 bits per heavy atom. The van der Waals surface area contributed by atoms with Gasteiger partial charge in [0.2, 0.25) is 0 Å². The van der Waals surface area contributed by atoms with Crippen LogP contribution in [-0.4, -0.2) is 114 Å². The van der Waals surface area contributed by atoms with Crippen LogP contribution in [0.25, 0.3) is 11.1 Å². The molecule has 2 heterocycles. The van der Waals surface area contributed by atoms with Gasteiger partial charge in [-0.25, -0.2) is 21.6 Å². The maximum atomic E-state index is 14.2. The summed E-state index contributed by atoms with van der Waals surface area (Å²) in [5.41, 5.74) is 4.61. The maximum Gasteiger partial charge on any atom is 0.501 e. The van der Waals surface area contributed by atoms with Crippen molar-refractivity contribution in [3.63, 3.8) is 0 Å². The van der Waals surface area contributed by atoms with Crippen LogP contribution in [0, 0.1) is 5.92 Å². The number of alkyl halides is 3. The van der Waals surface area contributed by atoms with Crippen molar-refractivity contribution in [2.45, 2.75) is 51.5 Å². The molecule has 2 atom stereocenters. The third-order valence-electron chi connectivity index (χ3n) is 12.3. The fourth-order valence-electron chi connectivity index (χ4n) is 8.50. The highest BCUT2D eigenvalue weighted by molar-refractivity contribution is 7.99. The molecule has 0 radical (unpaired) electrons. The van der Waals surface area contributed by atoms with Crippen molar-refractivity contribution in [1.82, 2.24) is 14.5 Å². The number of carbonyl (C=O) groups excluding carboxylic acids is 1. The number of piperazine rings is 1. The molecule has 0 aromatic heterocycles. The zero-order chi connectivity index (χ0) is 47.8. The highest BCUT2D eigenvalue weighted by Gasteiger charge is 2.48. The van der Waals surface area contributed by atoms with Crippen molar-refractivity contribution >= 4 is 60.5 Å². The molecule has 7 rings (SSSR count). The van der Waals surface area contributed by atoms with Gasteiger partial charge in [0.05, 0.1) is 17.2 Å². The summed E-state index contributed by atoms with van der Waals surface area (Å²) in [6.45, 7) is 5.44. The van der Waals surface area contributed by atoms with Crippen molar-refractivity contribution in [2.75, 3.05) is 74.9 Å². The average molecular weight is 1000 g/mol. The second kappa shape index (κ2) is 22.2. The highest BCUT2D eigenvalue weighted by Crippen LogP contribution is 2.38. The Labute approximate surface area is 399 Å². The Hall–Kier alpha value is -4.66. The highest BCUT2D eigenvalue weighted by atomic mass is 35.5. The Morgan fingerprint density at radius 2 is 1.43 bits per heavy atom. The first-order valence-electron chi connectivity index (χ1n) is 22.0. The van der Waals surface area contributed by atoms with E-state index in [1.54, 1.807) is 12.1 Å². The predicted octanol–water partition coefficient (Wildman–Crippen LogP) is 7.91. The summed E-state index contributed by atoms with van der Waals surface area (Å²) in [5, 5.41) is 13.0. The molecule has 0 aliphatic carbocycles. The van der Waals surface area contributed by atoms with Gasteiger partial charge < -0.3 is 26.0 Å². The van der Waals surface area contributed by atoms with Crippen LogP contribution in [0.4, 0.5) is 24.5 Å². The lowest BCUT2D eigenvalue weighted by atomic mass is 9.83. The lowest BCUT2D eigenvalue weighted by Crippen LogP contribution is -2.48. The average Bonchev–Trinajstić information content (AvgIpc) is 3.33. The molecule has 2 saturated heterocycles. The van der Waals surface area contributed by atoms with Gasteiger partial charge in [-0.1, -0.05) is 66.2 Å². The van der Waals surface area contributed by atoms with Gasteiger partial charge in [0.15, 0.2) is 0 Å². The molecule has 19 heteroatoms. The first kappa shape index (κ1) is 50.2. The third-order valence-corrected chi connectivity index (χ3v) is 16.6. The molecule has 2 aliphatic rings. The normalized spacial score (nSPS) is 16.7. The summed E-state index contributed by atoms with van der Waals surface area (Å²) in [7, 11) is -11.0. The first-order chi connectivity index (χ1) is 32.0. The Morgan fingerprint density at radius 1 is 0.806 bits per heavy atom. The number of thioether (sulfide) groups is 1. The maximum absolute atomic E-state index is 14.2. The van der Waals surface area contributed by atoms with Crippen LogP contribution in [0.15, 0.2) is 136 Å². The molecular weight excluding hydrogens is 945 g/mol. The predicted molar refractivity (Wildman–Crippen MR) is 259 cm³/mol. The van der Waals surface area contributed by atoms with Crippen LogP contribution in [-0.2, 0) is 19.9 Å². The summed E-state index contributed by atoms with van der Waals surface area (Å²) in [6, 6.07) is 33.0. The number of anilines is 2. The van der Waals surface area contributed by atoms with Gasteiger partial charge in [-0.2, -0.15) is 13.2 Å². The Kier molecular flexibility index (Phi) is 16.6. The smallest absolute Gasteiger partial charge is 0.395 e. The van der Waals surface area contributed by atoms with Crippen molar-refractivity contribution < 1.29 is 39.9 Å². The molecule has 358 valence electrons. The quantitative estimate of drug-likeness (QED) is 0.0629. The molecule has 5 aromatic carbocycles. The summed E-state index contributed by atoms with van der Waals surface area (Å²) in [4.78, 5) is 18.6. The fourth-order valence-corrected chi connectivity index (χ4v) is 11.6. The Bertz CT molecular complexity index is 2670. The van der Waals surface area contributed by atoms with Crippen LogP contribution in [0.5, 0.6) is 0 Å². The van der Waals surface area contributed by atoms with Crippen LogP contribution < -0.4 is 20.7 Å². The standard InChI is InChI=1S/C48H54ClF3N6O6S3/c49-37-14-10-34(11-15-37)42-8-4-5-9-43(42)46(53)35-20-24-58(25-21-35)39-16-12-36(13-17-39)47(60)55-67(63,64)41-18-19-44(45(32-41)66(61,62)48(50,51)52)54-38(33-65-40-6-2-1-3-7-40)22-23-56-26-28-57(29-27-56)30-31-59/h1-19,32,35,38,46,54,59H,20-31,33,53H2,(H,55,60)/t38?,46-/m1/s1. The number of nitrogens with zero attached hydrogens (tertiary/aromatic N) is 3. The van der Waals surface area contributed by atoms with Gasteiger partial charge in [-0.3, -0.25) is 9.69 Å². The van der Waals surface area contributed by atoms with Gasteiger partial charge in [0.1, 0.15) is 4.90 Å². The molecule has 1 unspecified atom stereocenters. The largest absolute Gasteiger partial charge is 0.501 e. The number of sulfonamides is 1. The topological polar surface area (TPSA) is 165 Å². The minimum atomic E-state index is -6.08. The summed E-state index contributed by atoms with van der Waals surface area (Å²) in [6.07, 6.45) is 2.02. The van der Waals surface area contributed by atoms with Gasteiger partial charge >= 0.3 is 5.51 Å². The number of hydrogen-bond acceptors (Lipinski definition) is 12. The van der Waals surface area contributed by atoms with Crippen molar-refractivity contribution in [2.24, 2.45) is 11.7 Å². The number of β-amino-alcohol motifs (C(OH)–C–C–N with tert-alkyl or cyclic N) is 1. The zero-order valence-corrected chi connectivity index (χ0v) is 39.8. The van der Waals surface area contributed by atoms with Crippen molar-refractivity contribution in [1.29, 1.82) is 0 Å². The lowest BCUT2D eigenvalue weighted by Gasteiger charge is -2.36. The molecule has 67 heavy (non-hydrogen) atoms. The fraction of sp³-hybridized carbons (Fsp3) is 0.354. The number of rotatable bonds is 18. The second-order valence-corrected chi connectivity index (χ2v) is 21.8. The minimum Gasteiger partial charge on any atom is -0.395 e. The van der Waals surface area contributed by atoms with E-state index < -0.39 is 52.8 Å². The zero-order valence-electron chi connectivity index (χ0n) is 36.6. The van der Waals surface area contributed by atoms with Crippen molar-refractivity contribution in [3.05, 3.63) is 137 Å². The molecule has 0 spiro atoms. The minimum absolute atomic E-state index is 0.0296. The summed E-state index contributed by atoms with van der Waals surface area (Å²) >= 11 is 7.57. The number of amides is 1. The molecule has 0 saturated carbocycles. The molecule has 2 fully saturated rings. The van der Waals surface area contributed by atoms with Gasteiger partial charge in [-0.05, 0) is 109 Å². The molecule has 5 N–H and O–H groups in total. The van der Waals surface area contributed by atoms with E-state index in [1.807, 2.05) is 71.5 Å². The van der Waals surface area contributed by atoms with E-state index in [1.165, 1.54) is 23.9 Å². The number of aliphatic hydroxyl groups is 1. The summed E-state index contributed by atoms with van der Waals surface area (Å²) in [5.74, 6) is -0.498. The number of nitrogens with one attached hydrogen (secondary N) is 2. The monoisotopic (exact) mass is 998 g/mol. The number of hydrogen-bond donors (Lipinski definition) is 4. The summed E-state index contributed by atoms with van der Waals surface area (Å²) < 4.78 is 98.1. The van der Waals surface area contributed by atoms with E-state index in [2.05, 4.69) is 32.1 Å². The number of carbonyl (C=O) groups is 1. The number of nitrogens with two attached hydrogens (primary N) is 1. The van der Waals surface area contributed by atoms with Gasteiger partial charge in [-0.15, -0.1) is 11.8 Å². The van der Waals surface area contributed by atoms with Gasteiger partial charge in [0, 0.05) is 91.4 Å². The van der Waals surface area contributed by atoms with E-state index in [4.69, 9.17) is 17.3 Å². The van der Waals surface area contributed by atoms with E-state index in [0.717, 1.165) is 65.3 Å². The van der Waals surface area contributed by atoms with Crippen LogP contribution in [0.1, 0.15) is 41.2 Å². The Balaban J connectivity index is 1.02. The number of sulfone groups is 1. The number of halogens is 4. The van der Waals surface area contributed by atoms with E-state index in [0.29, 0.717) is 62.5 Å². The van der Waals surface area contributed by atoms with Gasteiger partial charge in [0.25, 0.3) is 25.8 Å². The second-order valence-electron chi connectivity index (χ2n) is 16.7. The van der Waals surface area contributed by atoms with Crippen LogP contribution in [0.3, 0.4) is 0 Å². The van der Waals surface area contributed by atoms with E-state index >= 15 is 0 Å². The molecule has 0 bridgehead atoms. The molecular formula is C48H54ClF3N6O6S3. The van der Waals surface area contributed by atoms with E-state index in [-0.39, 0.29) is 24.1 Å². The van der Waals surface area contributed by atoms with Crippen molar-refractivity contribution in [3.8, 4) is 11.1 Å². The lowest BCUT2D eigenvalue weighted by molar-refractivity contribution is -0.0435. The van der Waals surface area contributed by atoms with Crippen LogP contribution in [0.2, 0.25) is 5.02 Å². The third kappa shape index (κ3) is 12.7.